The molecule has 0 aliphatic carbocycles. The van der Waals surface area contributed by atoms with Gasteiger partial charge in [-0.3, -0.25) is 9.89 Å². The molecule has 2 heterocycles. The quantitative estimate of drug-likeness (QED) is 0.286. The molecule has 1 aromatic heterocycles. The van der Waals surface area contributed by atoms with Crippen molar-refractivity contribution in [1.82, 2.24) is 15.5 Å². The van der Waals surface area contributed by atoms with E-state index in [1.54, 1.807) is 7.11 Å². The number of rotatable bonds is 8. The van der Waals surface area contributed by atoms with Crippen LogP contribution in [0.5, 0.6) is 11.5 Å². The van der Waals surface area contributed by atoms with Gasteiger partial charge >= 0.3 is 0 Å². The van der Waals surface area contributed by atoms with E-state index < -0.39 is 0 Å². The molecule has 6 nitrogen and oxygen atoms in total. The van der Waals surface area contributed by atoms with Crippen molar-refractivity contribution in [1.29, 1.82) is 0 Å². The van der Waals surface area contributed by atoms with Crippen molar-refractivity contribution in [2.75, 3.05) is 40.8 Å². The number of piperidine rings is 1. The first kappa shape index (κ1) is 25.7. The summed E-state index contributed by atoms with van der Waals surface area (Å²) in [5.41, 5.74) is 0. The van der Waals surface area contributed by atoms with E-state index in [2.05, 4.69) is 45.1 Å². The summed E-state index contributed by atoms with van der Waals surface area (Å²) < 4.78 is 11.2. The van der Waals surface area contributed by atoms with Crippen molar-refractivity contribution in [3.63, 3.8) is 0 Å². The van der Waals surface area contributed by atoms with Crippen LogP contribution >= 0.6 is 35.3 Å². The van der Waals surface area contributed by atoms with Gasteiger partial charge in [-0.1, -0.05) is 6.07 Å². The molecular weight excluding hydrogens is 523 g/mol. The molecule has 2 aromatic rings. The predicted molar refractivity (Wildman–Crippen MR) is 140 cm³/mol. The van der Waals surface area contributed by atoms with Crippen molar-refractivity contribution in [2.45, 2.75) is 31.9 Å². The molecule has 3 unspecified atom stereocenters. The number of benzene rings is 1. The van der Waals surface area contributed by atoms with Gasteiger partial charge in [0.1, 0.15) is 17.6 Å². The van der Waals surface area contributed by atoms with E-state index in [0.717, 1.165) is 30.5 Å². The third-order valence-corrected chi connectivity index (χ3v) is 6.49. The predicted octanol–water partition coefficient (Wildman–Crippen LogP) is 4.39. The first-order chi connectivity index (χ1) is 14.6. The number of guanidine groups is 1. The van der Waals surface area contributed by atoms with E-state index in [0.29, 0.717) is 18.5 Å². The molecule has 0 radical (unpaired) electrons. The molecule has 0 amide bonds. The summed E-state index contributed by atoms with van der Waals surface area (Å²) in [6.07, 6.45) is 2.48. The van der Waals surface area contributed by atoms with Crippen LogP contribution in [-0.2, 0) is 0 Å². The molecule has 8 heteroatoms. The number of likely N-dealkylation sites (tertiary alicyclic amines) is 1. The van der Waals surface area contributed by atoms with Crippen molar-refractivity contribution in [2.24, 2.45) is 10.9 Å². The molecule has 31 heavy (non-hydrogen) atoms. The maximum absolute atomic E-state index is 5.98. The number of hydrogen-bond acceptors (Lipinski definition) is 5. The third-order valence-electron chi connectivity index (χ3n) is 5.55. The van der Waals surface area contributed by atoms with Crippen LogP contribution in [0.3, 0.4) is 0 Å². The van der Waals surface area contributed by atoms with E-state index >= 15 is 0 Å². The van der Waals surface area contributed by atoms with Crippen LogP contribution in [0.15, 0.2) is 46.8 Å². The normalized spacial score (nSPS) is 20.5. The van der Waals surface area contributed by atoms with E-state index in [1.165, 1.54) is 17.7 Å². The van der Waals surface area contributed by atoms with E-state index in [1.807, 2.05) is 49.6 Å². The number of ether oxygens (including phenoxy) is 2. The highest BCUT2D eigenvalue weighted by atomic mass is 127. The minimum Gasteiger partial charge on any atom is -0.497 e. The van der Waals surface area contributed by atoms with Crippen molar-refractivity contribution in [3.8, 4) is 11.5 Å². The van der Waals surface area contributed by atoms with Gasteiger partial charge in [0.25, 0.3) is 0 Å². The van der Waals surface area contributed by atoms with Crippen LogP contribution in [-0.4, -0.2) is 57.8 Å². The molecule has 1 saturated heterocycles. The summed E-state index contributed by atoms with van der Waals surface area (Å²) in [5, 5.41) is 9.09. The molecular formula is C23H35IN4O2S. The molecule has 3 rings (SSSR count). The number of methoxy groups -OCH3 is 1. The summed E-state index contributed by atoms with van der Waals surface area (Å²) in [7, 11) is 5.71. The second-order valence-electron chi connectivity index (χ2n) is 7.78. The second kappa shape index (κ2) is 13.1. The van der Waals surface area contributed by atoms with Gasteiger partial charge < -0.3 is 20.1 Å². The zero-order valence-corrected chi connectivity index (χ0v) is 22.0. The van der Waals surface area contributed by atoms with Gasteiger partial charge in [0.05, 0.1) is 13.7 Å². The van der Waals surface area contributed by atoms with E-state index in [4.69, 9.17) is 9.47 Å². The number of nitrogens with one attached hydrogen (secondary N) is 2. The molecule has 0 saturated carbocycles. The van der Waals surface area contributed by atoms with Gasteiger partial charge in [-0.05, 0) is 75.0 Å². The van der Waals surface area contributed by atoms with Gasteiger partial charge in [-0.2, -0.15) is 0 Å². The lowest BCUT2D eigenvalue weighted by Crippen LogP contribution is -2.46. The lowest BCUT2D eigenvalue weighted by atomic mass is 9.88. The summed E-state index contributed by atoms with van der Waals surface area (Å²) in [6, 6.07) is 12.5. The Morgan fingerprint density at radius 1 is 1.23 bits per heavy atom. The average Bonchev–Trinajstić information content (AvgIpc) is 3.29. The summed E-state index contributed by atoms with van der Waals surface area (Å²) >= 11 is 1.85. The molecule has 0 spiro atoms. The maximum atomic E-state index is 5.98. The van der Waals surface area contributed by atoms with Crippen LogP contribution in [0.25, 0.3) is 0 Å². The van der Waals surface area contributed by atoms with Gasteiger partial charge in [-0.25, -0.2) is 0 Å². The summed E-state index contributed by atoms with van der Waals surface area (Å²) in [4.78, 5) is 8.33. The highest BCUT2D eigenvalue weighted by molar-refractivity contribution is 14.0. The zero-order valence-electron chi connectivity index (χ0n) is 18.8. The Hall–Kier alpha value is -1.52. The first-order valence-electron chi connectivity index (χ1n) is 10.6. The van der Waals surface area contributed by atoms with Crippen molar-refractivity contribution in [3.05, 3.63) is 46.7 Å². The smallest absolute Gasteiger partial charge is 0.191 e. The highest BCUT2D eigenvalue weighted by Crippen LogP contribution is 2.36. The average molecular weight is 559 g/mol. The SMILES string of the molecule is CN=C(NCC(C)Oc1ccc(OC)cc1)NCC1CCCN(C)C1c1cccs1.I. The maximum Gasteiger partial charge on any atom is 0.191 e. The van der Waals surface area contributed by atoms with E-state index in [-0.39, 0.29) is 30.1 Å². The van der Waals surface area contributed by atoms with Crippen molar-refractivity contribution < 1.29 is 9.47 Å². The third kappa shape index (κ3) is 7.54. The Morgan fingerprint density at radius 3 is 2.61 bits per heavy atom. The minimum absolute atomic E-state index is 0. The molecule has 172 valence electrons. The molecule has 1 fully saturated rings. The summed E-state index contributed by atoms with van der Waals surface area (Å²) in [6.45, 7) is 4.78. The van der Waals surface area contributed by atoms with Crippen LogP contribution < -0.4 is 20.1 Å². The monoisotopic (exact) mass is 558 g/mol. The number of halogens is 1. The molecule has 1 aromatic carbocycles. The number of hydrogen-bond donors (Lipinski definition) is 2. The van der Waals surface area contributed by atoms with Gasteiger partial charge in [-0.15, -0.1) is 35.3 Å². The second-order valence-corrected chi connectivity index (χ2v) is 8.76. The Labute approximate surface area is 207 Å². The zero-order chi connectivity index (χ0) is 21.3. The lowest BCUT2D eigenvalue weighted by molar-refractivity contribution is 0.125. The molecule has 1 aliphatic rings. The van der Waals surface area contributed by atoms with Gasteiger partial charge in [0, 0.05) is 24.5 Å². The fourth-order valence-corrected chi connectivity index (χ4v) is 4.98. The van der Waals surface area contributed by atoms with E-state index in [9.17, 15) is 0 Å². The molecule has 0 bridgehead atoms. The van der Waals surface area contributed by atoms with Gasteiger partial charge in [0.2, 0.25) is 0 Å². The van der Waals surface area contributed by atoms with Gasteiger partial charge in [0.15, 0.2) is 5.96 Å². The highest BCUT2D eigenvalue weighted by Gasteiger charge is 2.31. The Bertz CT molecular complexity index is 785. The van der Waals surface area contributed by atoms with Crippen LogP contribution in [0.1, 0.15) is 30.7 Å². The summed E-state index contributed by atoms with van der Waals surface area (Å²) in [5.74, 6) is 3.04. The largest absolute Gasteiger partial charge is 0.497 e. The van der Waals surface area contributed by atoms with Crippen LogP contribution in [0.2, 0.25) is 0 Å². The number of aliphatic imine (C=N–C) groups is 1. The Morgan fingerprint density at radius 2 is 1.97 bits per heavy atom. The fourth-order valence-electron chi connectivity index (χ4n) is 4.00. The first-order valence-corrected chi connectivity index (χ1v) is 11.5. The Kier molecular flexibility index (Phi) is 10.9. The molecule has 2 N–H and O–H groups in total. The van der Waals surface area contributed by atoms with Crippen molar-refractivity contribution >= 4 is 41.3 Å². The standard InChI is InChI=1S/C23H34N4O2S.HI/c1-17(29-20-11-9-19(28-4)10-12-20)15-25-23(24-2)26-16-18-7-5-13-27(3)22(18)21-8-6-14-30-21;/h6,8-12,14,17-18,22H,5,7,13,15-16H2,1-4H3,(H2,24,25,26);1H. The van der Waals surface area contributed by atoms with Crippen LogP contribution in [0.4, 0.5) is 0 Å². The topological polar surface area (TPSA) is 58.1 Å². The fraction of sp³-hybridized carbons (Fsp3) is 0.522. The molecule has 3 atom stereocenters. The molecule has 1 aliphatic heterocycles. The number of nitrogens with zero attached hydrogens (tertiary/aromatic N) is 2. The lowest BCUT2D eigenvalue weighted by Gasteiger charge is -2.39. The minimum atomic E-state index is 0. The van der Waals surface area contributed by atoms with Crippen LogP contribution in [0, 0.1) is 5.92 Å². The number of thiophene rings is 1. The Balaban J connectivity index is 0.00000341.